The molecular formula is C14H19N3O. The van der Waals surface area contributed by atoms with E-state index in [1.165, 1.54) is 0 Å². The summed E-state index contributed by atoms with van der Waals surface area (Å²) in [6, 6.07) is 8.01. The van der Waals surface area contributed by atoms with E-state index in [-0.39, 0.29) is 0 Å². The second-order valence-electron chi connectivity index (χ2n) is 4.19. The molecular weight excluding hydrogens is 226 g/mol. The predicted molar refractivity (Wildman–Crippen MR) is 72.8 cm³/mol. The molecule has 2 rings (SSSR count). The van der Waals surface area contributed by atoms with Crippen LogP contribution in [-0.4, -0.2) is 16.2 Å². The van der Waals surface area contributed by atoms with Gasteiger partial charge in [0.1, 0.15) is 5.75 Å². The summed E-state index contributed by atoms with van der Waals surface area (Å²) in [5, 5.41) is 3.38. The number of hydrogen-bond acceptors (Lipinski definition) is 3. The highest BCUT2D eigenvalue weighted by Crippen LogP contribution is 2.24. The highest BCUT2D eigenvalue weighted by atomic mass is 16.5. The summed E-state index contributed by atoms with van der Waals surface area (Å²) < 4.78 is 7.70. The molecule has 0 aliphatic heterocycles. The molecule has 0 radical (unpaired) electrons. The van der Waals surface area contributed by atoms with E-state index in [9.17, 15) is 0 Å². The second kappa shape index (κ2) is 6.10. The Morgan fingerprint density at radius 1 is 1.33 bits per heavy atom. The van der Waals surface area contributed by atoms with E-state index < -0.39 is 0 Å². The van der Waals surface area contributed by atoms with Gasteiger partial charge in [0.05, 0.1) is 30.9 Å². The molecule has 0 atom stereocenters. The maximum atomic E-state index is 5.70. The first kappa shape index (κ1) is 12.5. The van der Waals surface area contributed by atoms with Gasteiger partial charge in [0.2, 0.25) is 0 Å². The molecule has 1 N–H and O–H groups in total. The fraction of sp³-hybridized carbons (Fsp3) is 0.357. The molecule has 0 saturated heterocycles. The number of anilines is 1. The number of imidazole rings is 1. The van der Waals surface area contributed by atoms with E-state index in [2.05, 4.69) is 17.2 Å². The first-order valence-electron chi connectivity index (χ1n) is 6.22. The molecule has 4 heteroatoms. The van der Waals surface area contributed by atoms with Crippen molar-refractivity contribution in [1.82, 2.24) is 9.55 Å². The third-order valence-electron chi connectivity index (χ3n) is 2.73. The van der Waals surface area contributed by atoms with Gasteiger partial charge in [-0.25, -0.2) is 4.98 Å². The number of para-hydroxylation sites is 2. The minimum Gasteiger partial charge on any atom is -0.491 e. The van der Waals surface area contributed by atoms with Crippen LogP contribution in [0.2, 0.25) is 0 Å². The first-order valence-corrected chi connectivity index (χ1v) is 6.22. The van der Waals surface area contributed by atoms with Gasteiger partial charge >= 0.3 is 0 Å². The maximum Gasteiger partial charge on any atom is 0.142 e. The van der Waals surface area contributed by atoms with E-state index in [1.807, 2.05) is 42.1 Å². The van der Waals surface area contributed by atoms with Gasteiger partial charge in [-0.2, -0.15) is 0 Å². The largest absolute Gasteiger partial charge is 0.491 e. The number of aryl methyl sites for hydroxylation is 1. The van der Waals surface area contributed by atoms with Crippen molar-refractivity contribution < 1.29 is 4.74 Å². The molecule has 0 aliphatic carbocycles. The number of aromatic nitrogens is 2. The Morgan fingerprint density at radius 3 is 2.89 bits per heavy atom. The van der Waals surface area contributed by atoms with Crippen LogP contribution < -0.4 is 10.1 Å². The second-order valence-corrected chi connectivity index (χ2v) is 4.19. The molecule has 1 aromatic heterocycles. The fourth-order valence-corrected chi connectivity index (χ4v) is 1.69. The molecule has 96 valence electrons. The minimum atomic E-state index is 0.739. The van der Waals surface area contributed by atoms with Crippen LogP contribution in [0, 0.1) is 0 Å². The minimum absolute atomic E-state index is 0.739. The summed E-state index contributed by atoms with van der Waals surface area (Å²) in [6.07, 6.45) is 4.68. The lowest BCUT2D eigenvalue weighted by atomic mass is 10.3. The Kier molecular flexibility index (Phi) is 4.23. The lowest BCUT2D eigenvalue weighted by molar-refractivity contribution is 0.319. The number of rotatable bonds is 6. The van der Waals surface area contributed by atoms with Crippen LogP contribution in [0.25, 0.3) is 0 Å². The molecule has 1 heterocycles. The Morgan fingerprint density at radius 2 is 2.17 bits per heavy atom. The van der Waals surface area contributed by atoms with Crippen LogP contribution in [0.5, 0.6) is 5.75 Å². The summed E-state index contributed by atoms with van der Waals surface area (Å²) in [5.74, 6) is 0.904. The standard InChI is InChI=1S/C14H19N3O/c1-3-8-18-14-7-5-4-6-13(14)16-10-12-9-15-11-17(12)2/h4-7,9,11,16H,3,8,10H2,1-2H3. The van der Waals surface area contributed by atoms with Gasteiger partial charge in [0, 0.05) is 13.2 Å². The average Bonchev–Trinajstić information content (AvgIpc) is 2.80. The molecule has 0 fully saturated rings. The van der Waals surface area contributed by atoms with Gasteiger partial charge in [0.25, 0.3) is 0 Å². The highest BCUT2D eigenvalue weighted by Gasteiger charge is 2.03. The summed E-state index contributed by atoms with van der Waals surface area (Å²) in [5.41, 5.74) is 2.16. The van der Waals surface area contributed by atoms with E-state index in [0.717, 1.165) is 36.7 Å². The Bertz CT molecular complexity index is 493. The molecule has 2 aromatic rings. The van der Waals surface area contributed by atoms with Crippen molar-refractivity contribution in [1.29, 1.82) is 0 Å². The number of nitrogens with one attached hydrogen (secondary N) is 1. The van der Waals surface area contributed by atoms with Crippen LogP contribution in [0.15, 0.2) is 36.8 Å². The average molecular weight is 245 g/mol. The Hall–Kier alpha value is -1.97. The zero-order valence-electron chi connectivity index (χ0n) is 10.9. The van der Waals surface area contributed by atoms with Gasteiger partial charge in [-0.05, 0) is 18.6 Å². The molecule has 18 heavy (non-hydrogen) atoms. The number of ether oxygens (including phenoxy) is 1. The van der Waals surface area contributed by atoms with Crippen molar-refractivity contribution in [3.63, 3.8) is 0 Å². The normalized spacial score (nSPS) is 10.3. The highest BCUT2D eigenvalue weighted by molar-refractivity contribution is 5.56. The van der Waals surface area contributed by atoms with Crippen molar-refractivity contribution in [3.8, 4) is 5.75 Å². The Labute approximate surface area is 108 Å². The van der Waals surface area contributed by atoms with Crippen LogP contribution >= 0.6 is 0 Å². The van der Waals surface area contributed by atoms with Crippen LogP contribution in [0.4, 0.5) is 5.69 Å². The van der Waals surface area contributed by atoms with Gasteiger partial charge in [0.15, 0.2) is 0 Å². The lowest BCUT2D eigenvalue weighted by Crippen LogP contribution is -2.06. The van der Waals surface area contributed by atoms with E-state index in [4.69, 9.17) is 4.74 Å². The van der Waals surface area contributed by atoms with Crippen LogP contribution in [0.3, 0.4) is 0 Å². The summed E-state index contributed by atoms with van der Waals surface area (Å²) in [6.45, 7) is 3.58. The van der Waals surface area contributed by atoms with Gasteiger partial charge in [-0.1, -0.05) is 19.1 Å². The smallest absolute Gasteiger partial charge is 0.142 e. The molecule has 0 unspecified atom stereocenters. The van der Waals surface area contributed by atoms with E-state index in [1.54, 1.807) is 6.33 Å². The Balaban J connectivity index is 2.02. The SMILES string of the molecule is CCCOc1ccccc1NCc1cncn1C. The molecule has 0 saturated carbocycles. The molecule has 4 nitrogen and oxygen atoms in total. The molecule has 0 bridgehead atoms. The van der Waals surface area contributed by atoms with Crippen LogP contribution in [0.1, 0.15) is 19.0 Å². The zero-order valence-corrected chi connectivity index (χ0v) is 10.9. The fourth-order valence-electron chi connectivity index (χ4n) is 1.69. The maximum absolute atomic E-state index is 5.70. The first-order chi connectivity index (χ1) is 8.81. The van der Waals surface area contributed by atoms with E-state index >= 15 is 0 Å². The topological polar surface area (TPSA) is 39.1 Å². The van der Waals surface area contributed by atoms with Crippen molar-refractivity contribution >= 4 is 5.69 Å². The van der Waals surface area contributed by atoms with Crippen LogP contribution in [-0.2, 0) is 13.6 Å². The van der Waals surface area contributed by atoms with Crippen molar-refractivity contribution in [2.45, 2.75) is 19.9 Å². The third kappa shape index (κ3) is 3.03. The number of benzene rings is 1. The number of hydrogen-bond donors (Lipinski definition) is 1. The zero-order chi connectivity index (χ0) is 12.8. The van der Waals surface area contributed by atoms with Crippen molar-refractivity contribution in [3.05, 3.63) is 42.5 Å². The molecule has 1 aromatic carbocycles. The molecule has 0 aliphatic rings. The van der Waals surface area contributed by atoms with Gasteiger partial charge in [-0.3, -0.25) is 0 Å². The predicted octanol–water partition coefficient (Wildman–Crippen LogP) is 2.82. The third-order valence-corrected chi connectivity index (χ3v) is 2.73. The molecule has 0 spiro atoms. The number of nitrogens with zero attached hydrogens (tertiary/aromatic N) is 2. The van der Waals surface area contributed by atoms with Gasteiger partial charge in [-0.15, -0.1) is 0 Å². The van der Waals surface area contributed by atoms with Gasteiger partial charge < -0.3 is 14.6 Å². The monoisotopic (exact) mass is 245 g/mol. The van der Waals surface area contributed by atoms with Crippen molar-refractivity contribution in [2.24, 2.45) is 7.05 Å². The molecule has 0 amide bonds. The van der Waals surface area contributed by atoms with E-state index in [0.29, 0.717) is 0 Å². The lowest BCUT2D eigenvalue weighted by Gasteiger charge is -2.12. The quantitative estimate of drug-likeness (QED) is 0.850. The van der Waals surface area contributed by atoms with Crippen molar-refractivity contribution in [2.75, 3.05) is 11.9 Å². The summed E-state index contributed by atoms with van der Waals surface area (Å²) in [7, 11) is 1.99. The summed E-state index contributed by atoms with van der Waals surface area (Å²) >= 11 is 0. The summed E-state index contributed by atoms with van der Waals surface area (Å²) in [4.78, 5) is 4.10.